The molecule has 17 heteroatoms. The standard InChI is InChI=1S/C43H56O17/c1-12-21(4)30(47)53-25-16-35(7)28(23-13-14-52-18-23)54-27(45)17-40(35)43-32(55-29(46)20(2)3)41(50)31(56-33(48)36(8)22(5)57-36)34(6)19-39(41,49)37(9,24(34)15-26(44)51-11)42(25,43)59-38(10,58-40)60-43/h13-14,18,20-22,24-25,28,31-32,49-50H,12,15-17,19H2,1-11H3/t21-,22-,24+,25-,28+,31+,32-,34+,35+,36+,37+,38-,39+,40+,41-,42+,43+/m1/s1. The monoisotopic (exact) mass is 844 g/mol. The average Bonchev–Trinajstić information content (AvgIpc) is 3.63. The van der Waals surface area contributed by atoms with Crippen LogP contribution in [0.2, 0.25) is 0 Å². The smallest absolute Gasteiger partial charge is 0.341 e. The topological polar surface area (TPSA) is 225 Å². The van der Waals surface area contributed by atoms with E-state index in [9.17, 15) is 34.2 Å². The molecule has 5 heterocycles. The molecule has 0 aromatic carbocycles. The van der Waals surface area contributed by atoms with E-state index >= 15 is 0 Å². The number of methoxy groups -OCH3 is 1. The second-order valence-electron chi connectivity index (χ2n) is 20.0. The quantitative estimate of drug-likeness (QED) is 0.196. The first-order chi connectivity index (χ1) is 27.8. The molecule has 17 atom stereocenters. The molecule has 0 amide bonds. The van der Waals surface area contributed by atoms with Crippen LogP contribution < -0.4 is 0 Å². The number of carbonyl (C=O) groups is 5. The minimum absolute atomic E-state index is 0.151. The van der Waals surface area contributed by atoms with Crippen LogP contribution in [0.15, 0.2) is 23.0 Å². The number of hydrogen-bond donors (Lipinski definition) is 2. The lowest BCUT2D eigenvalue weighted by Gasteiger charge is -2.79. The van der Waals surface area contributed by atoms with E-state index in [1.807, 2.05) is 6.92 Å². The number of cyclic esters (lactones) is 1. The molecule has 4 bridgehead atoms. The van der Waals surface area contributed by atoms with Crippen molar-refractivity contribution >= 4 is 29.8 Å². The van der Waals surface area contributed by atoms with Crippen molar-refractivity contribution in [1.29, 1.82) is 0 Å². The summed E-state index contributed by atoms with van der Waals surface area (Å²) in [6.07, 6.45) is -5.20. The van der Waals surface area contributed by atoms with Crippen molar-refractivity contribution in [3.8, 4) is 0 Å². The molecule has 1 aromatic heterocycles. The summed E-state index contributed by atoms with van der Waals surface area (Å²) in [7, 11) is 1.21. The van der Waals surface area contributed by atoms with E-state index < -0.39 is 147 Å². The predicted octanol–water partition coefficient (Wildman–Crippen LogP) is 3.34. The first kappa shape index (κ1) is 41.7. The molecule has 4 saturated carbocycles. The third-order valence-electron chi connectivity index (χ3n) is 16.8. The number of ether oxygens (including phenoxy) is 9. The summed E-state index contributed by atoms with van der Waals surface area (Å²) < 4.78 is 63.7. The zero-order chi connectivity index (χ0) is 43.8. The summed E-state index contributed by atoms with van der Waals surface area (Å²) >= 11 is 0. The van der Waals surface area contributed by atoms with Crippen molar-refractivity contribution in [2.24, 2.45) is 34.0 Å². The zero-order valence-corrected chi connectivity index (χ0v) is 35.9. The molecule has 60 heavy (non-hydrogen) atoms. The predicted molar refractivity (Wildman–Crippen MR) is 198 cm³/mol. The highest BCUT2D eigenvalue weighted by molar-refractivity contribution is 5.83. The Morgan fingerprint density at radius 3 is 2.18 bits per heavy atom. The van der Waals surface area contributed by atoms with Gasteiger partial charge in [-0.05, 0) is 45.1 Å². The van der Waals surface area contributed by atoms with E-state index in [1.54, 1.807) is 54.5 Å². The third kappa shape index (κ3) is 4.28. The van der Waals surface area contributed by atoms with E-state index in [0.717, 1.165) is 0 Å². The van der Waals surface area contributed by atoms with Crippen molar-refractivity contribution < 1.29 is 81.2 Å². The van der Waals surface area contributed by atoms with Gasteiger partial charge in [-0.2, -0.15) is 0 Å². The first-order valence-electron chi connectivity index (χ1n) is 21.0. The van der Waals surface area contributed by atoms with Crippen molar-refractivity contribution in [2.75, 3.05) is 7.11 Å². The molecule has 330 valence electrons. The fourth-order valence-corrected chi connectivity index (χ4v) is 13.7. The van der Waals surface area contributed by atoms with Gasteiger partial charge in [-0.25, -0.2) is 4.79 Å². The lowest BCUT2D eigenvalue weighted by atomic mass is 9.31. The van der Waals surface area contributed by atoms with Gasteiger partial charge in [-0.3, -0.25) is 19.2 Å². The minimum Gasteiger partial charge on any atom is -0.472 e. The van der Waals surface area contributed by atoms with Crippen LogP contribution in [0.3, 0.4) is 0 Å². The number of rotatable bonds is 10. The van der Waals surface area contributed by atoms with Gasteiger partial charge in [-0.15, -0.1) is 0 Å². The van der Waals surface area contributed by atoms with E-state index in [4.69, 9.17) is 47.0 Å². The van der Waals surface area contributed by atoms with Gasteiger partial charge in [0.05, 0.1) is 44.0 Å². The van der Waals surface area contributed by atoms with Gasteiger partial charge in [0.25, 0.3) is 5.97 Å². The van der Waals surface area contributed by atoms with E-state index in [1.165, 1.54) is 33.5 Å². The van der Waals surface area contributed by atoms with Crippen molar-refractivity contribution in [2.45, 2.75) is 171 Å². The molecule has 4 aliphatic carbocycles. The van der Waals surface area contributed by atoms with Crippen LogP contribution in [0.4, 0.5) is 0 Å². The molecule has 17 nitrogen and oxygen atoms in total. The number of epoxide rings is 1. The van der Waals surface area contributed by atoms with Gasteiger partial charge < -0.3 is 57.3 Å². The van der Waals surface area contributed by atoms with Crippen LogP contribution in [0.1, 0.15) is 113 Å². The second kappa shape index (κ2) is 12.1. The van der Waals surface area contributed by atoms with Gasteiger partial charge in [0, 0.05) is 35.2 Å². The molecule has 4 saturated heterocycles. The normalized spacial score (nSPS) is 51.6. The van der Waals surface area contributed by atoms with Crippen LogP contribution in [-0.2, 0) is 66.6 Å². The van der Waals surface area contributed by atoms with Gasteiger partial charge in [-0.1, -0.05) is 48.5 Å². The Hall–Kier alpha value is -3.61. The van der Waals surface area contributed by atoms with Crippen LogP contribution in [-0.4, -0.2) is 111 Å². The van der Waals surface area contributed by atoms with Gasteiger partial charge in [0.1, 0.15) is 29.5 Å². The molecule has 1 aromatic rings. The van der Waals surface area contributed by atoms with Crippen LogP contribution in [0, 0.1) is 34.0 Å². The van der Waals surface area contributed by atoms with Crippen LogP contribution >= 0.6 is 0 Å². The van der Waals surface area contributed by atoms with Gasteiger partial charge in [0.15, 0.2) is 28.5 Å². The number of fused-ring (bicyclic) bond motifs is 2. The Morgan fingerprint density at radius 1 is 0.933 bits per heavy atom. The summed E-state index contributed by atoms with van der Waals surface area (Å²) in [4.78, 5) is 71.1. The highest BCUT2D eigenvalue weighted by atomic mass is 17.0. The maximum absolute atomic E-state index is 14.4. The third-order valence-corrected chi connectivity index (χ3v) is 16.8. The molecule has 8 aliphatic rings. The molecular formula is C43H56O17. The minimum atomic E-state index is -2.80. The van der Waals surface area contributed by atoms with Crippen molar-refractivity contribution in [3.05, 3.63) is 24.2 Å². The zero-order valence-electron chi connectivity index (χ0n) is 35.9. The van der Waals surface area contributed by atoms with Crippen LogP contribution in [0.25, 0.3) is 0 Å². The van der Waals surface area contributed by atoms with Gasteiger partial charge >= 0.3 is 29.8 Å². The SMILES string of the molecule is CC[C@@H](C)C(=O)O[C@@H]1C[C@@]2(C)[C@H](c3ccoc3)OC(=O)C[C@]23O[C@@]2(C)O[C@@]34[C@H](OC(=O)C(C)C)[C@]3(O)[C@@H](OC(=O)[C@@]5(C)O[C@@H]5C)[C@@]5(C)C[C@]3(O)[C@](C)([C@H]5CC(=O)OC)[C@@]14O2. The fraction of sp³-hybridized carbons (Fsp3) is 0.791. The number of aliphatic hydroxyl groups is 2. The maximum Gasteiger partial charge on any atom is 0.341 e. The Bertz CT molecular complexity index is 2070. The Morgan fingerprint density at radius 2 is 1.60 bits per heavy atom. The van der Waals surface area contributed by atoms with E-state index in [2.05, 4.69) is 0 Å². The van der Waals surface area contributed by atoms with Crippen LogP contribution in [0.5, 0.6) is 0 Å². The highest BCUT2D eigenvalue weighted by Gasteiger charge is 3.07. The summed E-state index contributed by atoms with van der Waals surface area (Å²) in [5.74, 6) is -8.52. The number of hydrogen-bond acceptors (Lipinski definition) is 17. The molecule has 4 aliphatic heterocycles. The molecular weight excluding hydrogens is 788 g/mol. The van der Waals surface area contributed by atoms with E-state index in [0.29, 0.717) is 12.0 Å². The molecule has 2 spiro atoms. The van der Waals surface area contributed by atoms with Gasteiger partial charge in [0.2, 0.25) is 0 Å². The average molecular weight is 845 g/mol. The second-order valence-corrected chi connectivity index (χ2v) is 20.0. The van der Waals surface area contributed by atoms with Crippen molar-refractivity contribution in [3.63, 3.8) is 0 Å². The molecule has 9 rings (SSSR count). The Labute approximate surface area is 347 Å². The van der Waals surface area contributed by atoms with E-state index in [-0.39, 0.29) is 12.8 Å². The maximum atomic E-state index is 14.4. The summed E-state index contributed by atoms with van der Waals surface area (Å²) in [6.45, 7) is 16.5. The summed E-state index contributed by atoms with van der Waals surface area (Å²) in [5, 5.41) is 28.1. The first-order valence-corrected chi connectivity index (χ1v) is 21.0. The molecule has 8 fully saturated rings. The Balaban J connectivity index is 1.41. The number of furan rings is 1. The lowest BCUT2D eigenvalue weighted by Crippen LogP contribution is -2.99. The molecule has 0 radical (unpaired) electrons. The molecule has 2 N–H and O–H groups in total. The number of carbonyl (C=O) groups excluding carboxylic acids is 5. The largest absolute Gasteiger partial charge is 0.472 e. The Kier molecular flexibility index (Phi) is 8.41. The van der Waals surface area contributed by atoms with Crippen molar-refractivity contribution in [1.82, 2.24) is 0 Å². The molecule has 0 unspecified atom stereocenters. The summed E-state index contributed by atoms with van der Waals surface area (Å²) in [5.41, 5.74) is -17.8. The lowest BCUT2D eigenvalue weighted by molar-refractivity contribution is -0.479. The number of esters is 5. The highest BCUT2D eigenvalue weighted by Crippen LogP contribution is 2.89. The summed E-state index contributed by atoms with van der Waals surface area (Å²) in [6, 6.07) is 1.62. The fourth-order valence-electron chi connectivity index (χ4n) is 13.7.